The Morgan fingerprint density at radius 2 is 2.00 bits per heavy atom. The van der Waals surface area contributed by atoms with Crippen molar-refractivity contribution in [3.8, 4) is 5.75 Å². The molecule has 26 heavy (non-hydrogen) atoms. The molecule has 3 aromatic rings. The van der Waals surface area contributed by atoms with Crippen LogP contribution in [0.1, 0.15) is 36.6 Å². The average molecular weight is 414 g/mol. The molecule has 134 valence electrons. The molecule has 1 aromatic heterocycles. The summed E-state index contributed by atoms with van der Waals surface area (Å²) in [4.78, 5) is 4.36. The first-order valence-electron chi connectivity index (χ1n) is 8.61. The molecule has 7 heteroatoms. The Balaban J connectivity index is 1.77. The fraction of sp³-hybridized carbons (Fsp3) is 0.263. The van der Waals surface area contributed by atoms with E-state index in [0.717, 1.165) is 22.2 Å². The Labute approximate surface area is 160 Å². The van der Waals surface area contributed by atoms with Crippen LogP contribution in [-0.4, -0.2) is 21.4 Å². The van der Waals surface area contributed by atoms with Crippen molar-refractivity contribution in [1.29, 1.82) is 0 Å². The number of aromatic nitrogens is 3. The molecule has 3 N–H and O–H groups in total. The summed E-state index contributed by atoms with van der Waals surface area (Å²) in [5, 5.41) is 7.87. The summed E-state index contributed by atoms with van der Waals surface area (Å²) >= 11 is 3.49. The Bertz CT molecular complexity index is 909. The fourth-order valence-electron chi connectivity index (χ4n) is 3.41. The molecule has 1 aliphatic heterocycles. The topological polar surface area (TPSA) is 78.0 Å². The van der Waals surface area contributed by atoms with Crippen LogP contribution >= 0.6 is 15.9 Å². The second-order valence-corrected chi connectivity index (χ2v) is 7.12. The second-order valence-electron chi connectivity index (χ2n) is 6.21. The normalized spacial score (nSPS) is 18.8. The molecule has 1 aliphatic rings. The second kappa shape index (κ2) is 6.99. The minimum Gasteiger partial charge on any atom is -0.494 e. The van der Waals surface area contributed by atoms with Crippen LogP contribution in [-0.2, 0) is 0 Å². The molecule has 0 unspecified atom stereocenters. The first kappa shape index (κ1) is 16.9. The van der Waals surface area contributed by atoms with Crippen molar-refractivity contribution < 1.29 is 4.74 Å². The molecular formula is C19H20BrN5O. The average Bonchev–Trinajstić information content (AvgIpc) is 3.02. The van der Waals surface area contributed by atoms with Crippen molar-refractivity contribution in [2.75, 3.05) is 17.7 Å². The van der Waals surface area contributed by atoms with Gasteiger partial charge in [-0.3, -0.25) is 0 Å². The van der Waals surface area contributed by atoms with Crippen LogP contribution in [0.5, 0.6) is 5.75 Å². The molecule has 0 bridgehead atoms. The number of nitrogens with zero attached hydrogens (tertiary/aromatic N) is 3. The van der Waals surface area contributed by atoms with Crippen molar-refractivity contribution in [2.45, 2.75) is 25.4 Å². The van der Waals surface area contributed by atoms with E-state index in [1.54, 1.807) is 0 Å². The molecule has 2 atom stereocenters. The fourth-order valence-corrected chi connectivity index (χ4v) is 3.67. The summed E-state index contributed by atoms with van der Waals surface area (Å²) in [6, 6.07) is 16.5. The van der Waals surface area contributed by atoms with E-state index in [-0.39, 0.29) is 18.0 Å². The van der Waals surface area contributed by atoms with Gasteiger partial charge < -0.3 is 15.8 Å². The highest BCUT2D eigenvalue weighted by atomic mass is 79.9. The van der Waals surface area contributed by atoms with E-state index in [2.05, 4.69) is 49.5 Å². The van der Waals surface area contributed by atoms with Gasteiger partial charge in [0.05, 0.1) is 18.7 Å². The predicted molar refractivity (Wildman–Crippen MR) is 105 cm³/mol. The molecular weight excluding hydrogens is 394 g/mol. The molecule has 2 aromatic carbocycles. The number of nitrogens with one attached hydrogen (secondary N) is 1. The number of halogens is 1. The number of para-hydroxylation sites is 1. The summed E-state index contributed by atoms with van der Waals surface area (Å²) < 4.78 is 8.77. The molecule has 0 amide bonds. The first-order chi connectivity index (χ1) is 12.7. The monoisotopic (exact) mass is 413 g/mol. The number of rotatable bonds is 4. The summed E-state index contributed by atoms with van der Waals surface area (Å²) in [5.41, 5.74) is 8.16. The molecule has 0 aliphatic carbocycles. The lowest BCUT2D eigenvalue weighted by atomic mass is 9.93. The molecule has 0 fully saturated rings. The lowest BCUT2D eigenvalue weighted by molar-refractivity contribution is 0.325. The van der Waals surface area contributed by atoms with Gasteiger partial charge in [-0.2, -0.15) is 4.98 Å². The van der Waals surface area contributed by atoms with Crippen molar-refractivity contribution >= 4 is 27.8 Å². The lowest BCUT2D eigenvalue weighted by Gasteiger charge is -2.32. The number of ether oxygens (including phenoxy) is 1. The van der Waals surface area contributed by atoms with Crippen LogP contribution in [0.25, 0.3) is 0 Å². The van der Waals surface area contributed by atoms with E-state index in [4.69, 9.17) is 10.5 Å². The quantitative estimate of drug-likeness (QED) is 0.670. The van der Waals surface area contributed by atoms with Gasteiger partial charge >= 0.3 is 0 Å². The van der Waals surface area contributed by atoms with Crippen LogP contribution < -0.4 is 15.8 Å². The minimum atomic E-state index is -0.00699. The SMILES string of the molecule is CCOc1ccccc1[C@@H]1C[C@@H](c2ccc(Br)cc2)Nc2nc(N)nn21. The van der Waals surface area contributed by atoms with Gasteiger partial charge in [-0.15, -0.1) is 5.10 Å². The number of hydrogen-bond acceptors (Lipinski definition) is 5. The molecule has 2 heterocycles. The van der Waals surface area contributed by atoms with Crippen molar-refractivity contribution in [2.24, 2.45) is 0 Å². The molecule has 0 spiro atoms. The van der Waals surface area contributed by atoms with E-state index in [9.17, 15) is 0 Å². The maximum Gasteiger partial charge on any atom is 0.241 e. The molecule has 6 nitrogen and oxygen atoms in total. The molecule has 0 radical (unpaired) electrons. The zero-order valence-corrected chi connectivity index (χ0v) is 16.0. The van der Waals surface area contributed by atoms with Gasteiger partial charge in [0, 0.05) is 10.0 Å². The Morgan fingerprint density at radius 1 is 1.23 bits per heavy atom. The zero-order chi connectivity index (χ0) is 18.1. The molecule has 0 saturated carbocycles. The number of nitrogen functional groups attached to an aromatic ring is 1. The van der Waals surface area contributed by atoms with Crippen LogP contribution in [0.2, 0.25) is 0 Å². The lowest BCUT2D eigenvalue weighted by Crippen LogP contribution is -2.28. The maximum absolute atomic E-state index is 5.88. The highest BCUT2D eigenvalue weighted by Crippen LogP contribution is 2.41. The maximum atomic E-state index is 5.88. The van der Waals surface area contributed by atoms with Crippen LogP contribution in [0.15, 0.2) is 53.0 Å². The van der Waals surface area contributed by atoms with Crippen LogP contribution in [0, 0.1) is 0 Å². The Kier molecular flexibility index (Phi) is 4.55. The third-order valence-electron chi connectivity index (χ3n) is 4.56. The number of anilines is 2. The van der Waals surface area contributed by atoms with Crippen LogP contribution in [0.3, 0.4) is 0 Å². The summed E-state index contributed by atoms with van der Waals surface area (Å²) in [6.45, 7) is 2.60. The van der Waals surface area contributed by atoms with E-state index in [1.165, 1.54) is 5.56 Å². The van der Waals surface area contributed by atoms with Gasteiger partial charge in [-0.25, -0.2) is 4.68 Å². The van der Waals surface area contributed by atoms with Crippen molar-refractivity contribution in [1.82, 2.24) is 14.8 Å². The van der Waals surface area contributed by atoms with Gasteiger partial charge in [-0.05, 0) is 37.1 Å². The predicted octanol–water partition coefficient (Wildman–Crippen LogP) is 4.17. The van der Waals surface area contributed by atoms with E-state index >= 15 is 0 Å². The zero-order valence-electron chi connectivity index (χ0n) is 14.4. The Morgan fingerprint density at radius 3 is 2.77 bits per heavy atom. The number of nitrogens with two attached hydrogens (primary N) is 1. The van der Waals surface area contributed by atoms with E-state index < -0.39 is 0 Å². The summed E-state index contributed by atoms with van der Waals surface area (Å²) in [5.74, 6) is 1.82. The highest BCUT2D eigenvalue weighted by Gasteiger charge is 2.32. The van der Waals surface area contributed by atoms with Gasteiger partial charge in [0.2, 0.25) is 11.9 Å². The number of hydrogen-bond donors (Lipinski definition) is 2. The summed E-state index contributed by atoms with van der Waals surface area (Å²) in [7, 11) is 0. The van der Waals surface area contributed by atoms with Gasteiger partial charge in [-0.1, -0.05) is 46.3 Å². The third-order valence-corrected chi connectivity index (χ3v) is 5.08. The smallest absolute Gasteiger partial charge is 0.241 e. The standard InChI is InChI=1S/C19H20BrN5O/c1-2-26-17-6-4-3-5-14(17)16-11-15(12-7-9-13(20)10-8-12)22-19-23-18(21)24-25(16)19/h3-10,15-16H,2,11H2,1H3,(H3,21,22,23,24)/t15-,16-/m0/s1. The van der Waals surface area contributed by atoms with E-state index in [0.29, 0.717) is 12.6 Å². The number of fused-ring (bicyclic) bond motifs is 1. The van der Waals surface area contributed by atoms with Crippen molar-refractivity contribution in [3.05, 3.63) is 64.1 Å². The Hall–Kier alpha value is -2.54. The van der Waals surface area contributed by atoms with E-state index in [1.807, 2.05) is 41.9 Å². The van der Waals surface area contributed by atoms with Gasteiger partial charge in [0.1, 0.15) is 5.75 Å². The van der Waals surface area contributed by atoms with Gasteiger partial charge in [0.25, 0.3) is 0 Å². The molecule has 4 rings (SSSR count). The van der Waals surface area contributed by atoms with Gasteiger partial charge in [0.15, 0.2) is 0 Å². The largest absolute Gasteiger partial charge is 0.494 e. The first-order valence-corrected chi connectivity index (χ1v) is 9.40. The number of benzene rings is 2. The van der Waals surface area contributed by atoms with Crippen molar-refractivity contribution in [3.63, 3.8) is 0 Å². The summed E-state index contributed by atoms with van der Waals surface area (Å²) in [6.07, 6.45) is 0.821. The highest BCUT2D eigenvalue weighted by molar-refractivity contribution is 9.10. The molecule has 0 saturated heterocycles. The van der Waals surface area contributed by atoms with Crippen LogP contribution in [0.4, 0.5) is 11.9 Å². The third kappa shape index (κ3) is 3.14. The minimum absolute atomic E-state index is 0.00699.